The molecule has 0 aliphatic rings. The fourth-order valence-electron chi connectivity index (χ4n) is 3.57. The van der Waals surface area contributed by atoms with Crippen molar-refractivity contribution in [2.24, 2.45) is 0 Å². The molecule has 0 bridgehead atoms. The van der Waals surface area contributed by atoms with Crippen LogP contribution in [0.3, 0.4) is 0 Å². The number of nitrogens with two attached hydrogens (primary N) is 1. The Balaban J connectivity index is 2.27. The summed E-state index contributed by atoms with van der Waals surface area (Å²) in [6.07, 6.45) is 1.46. The summed E-state index contributed by atoms with van der Waals surface area (Å²) in [6, 6.07) is 1.82. The van der Waals surface area contributed by atoms with E-state index in [1.165, 1.54) is 6.33 Å². The second-order valence-electron chi connectivity index (χ2n) is 6.84. The highest BCUT2D eigenvalue weighted by Crippen LogP contribution is 2.41. The molecule has 3 aromatic rings. The van der Waals surface area contributed by atoms with Gasteiger partial charge in [0, 0.05) is 16.1 Å². The number of nitrogen functional groups attached to an aromatic ring is 1. The molecule has 0 amide bonds. The van der Waals surface area contributed by atoms with Gasteiger partial charge in [-0.25, -0.2) is 14.6 Å². The summed E-state index contributed by atoms with van der Waals surface area (Å²) in [6.45, 7) is 10.3. The van der Waals surface area contributed by atoms with Gasteiger partial charge in [-0.2, -0.15) is 5.10 Å². The minimum Gasteiger partial charge on any atom is -0.496 e. The Morgan fingerprint density at radius 3 is 2.50 bits per heavy atom. The third-order valence-corrected chi connectivity index (χ3v) is 5.24. The molecule has 0 radical (unpaired) electrons. The standard InChI is InChI=1S/C19H24ClN5O/c1-9(2)15-10(3)14(20)7-13(17(15)26-6)12(5)25-19-16(11(4)24-25)18(21)22-8-23-19/h7-9,12H,1-6H3,(H2,21,22,23). The molecule has 1 unspecified atom stereocenters. The van der Waals surface area contributed by atoms with Crippen molar-refractivity contribution in [2.75, 3.05) is 12.8 Å². The largest absolute Gasteiger partial charge is 0.496 e. The number of nitrogens with zero attached hydrogens (tertiary/aromatic N) is 4. The first-order valence-electron chi connectivity index (χ1n) is 8.60. The van der Waals surface area contributed by atoms with Crippen LogP contribution in [0, 0.1) is 13.8 Å². The summed E-state index contributed by atoms with van der Waals surface area (Å²) < 4.78 is 7.66. The highest BCUT2D eigenvalue weighted by Gasteiger charge is 2.25. The summed E-state index contributed by atoms with van der Waals surface area (Å²) in [5, 5.41) is 6.16. The Morgan fingerprint density at radius 1 is 1.19 bits per heavy atom. The molecule has 7 heteroatoms. The Bertz CT molecular complexity index is 980. The van der Waals surface area contributed by atoms with Gasteiger partial charge >= 0.3 is 0 Å². The molecule has 2 heterocycles. The molecule has 6 nitrogen and oxygen atoms in total. The van der Waals surface area contributed by atoms with Gasteiger partial charge in [0.05, 0.1) is 24.2 Å². The predicted octanol–water partition coefficient (Wildman–Crippen LogP) is 4.42. The average molecular weight is 374 g/mol. The topological polar surface area (TPSA) is 78.9 Å². The van der Waals surface area contributed by atoms with Crippen LogP contribution in [0.15, 0.2) is 12.4 Å². The molecule has 0 spiro atoms. The van der Waals surface area contributed by atoms with Crippen molar-refractivity contribution in [3.8, 4) is 5.75 Å². The molecule has 0 saturated heterocycles. The molecular formula is C19H24ClN5O. The lowest BCUT2D eigenvalue weighted by Crippen LogP contribution is -2.13. The zero-order valence-corrected chi connectivity index (χ0v) is 16.7. The maximum Gasteiger partial charge on any atom is 0.164 e. The summed E-state index contributed by atoms with van der Waals surface area (Å²) in [4.78, 5) is 8.48. The van der Waals surface area contributed by atoms with Gasteiger partial charge < -0.3 is 10.5 Å². The number of rotatable bonds is 4. The van der Waals surface area contributed by atoms with E-state index in [1.807, 2.05) is 24.6 Å². The number of aryl methyl sites for hydroxylation is 1. The fraction of sp³-hybridized carbons (Fsp3) is 0.421. The van der Waals surface area contributed by atoms with Crippen LogP contribution in [0.2, 0.25) is 5.02 Å². The maximum absolute atomic E-state index is 6.54. The van der Waals surface area contributed by atoms with Crippen LogP contribution < -0.4 is 10.5 Å². The fourth-order valence-corrected chi connectivity index (χ4v) is 3.79. The van der Waals surface area contributed by atoms with Crippen LogP contribution in [0.5, 0.6) is 5.75 Å². The Hall–Kier alpha value is -2.34. The van der Waals surface area contributed by atoms with Crippen molar-refractivity contribution in [2.45, 2.75) is 46.6 Å². The number of fused-ring (bicyclic) bond motifs is 1. The van der Waals surface area contributed by atoms with E-state index in [2.05, 4.69) is 35.8 Å². The summed E-state index contributed by atoms with van der Waals surface area (Å²) in [7, 11) is 1.69. The lowest BCUT2D eigenvalue weighted by Gasteiger charge is -2.23. The quantitative estimate of drug-likeness (QED) is 0.732. The number of ether oxygens (including phenoxy) is 1. The van der Waals surface area contributed by atoms with E-state index < -0.39 is 0 Å². The van der Waals surface area contributed by atoms with Crippen LogP contribution in [0.25, 0.3) is 11.0 Å². The lowest BCUT2D eigenvalue weighted by molar-refractivity contribution is 0.394. The molecule has 0 aliphatic carbocycles. The number of hydrogen-bond acceptors (Lipinski definition) is 5. The number of halogens is 1. The van der Waals surface area contributed by atoms with Crippen molar-refractivity contribution in [3.05, 3.63) is 39.8 Å². The lowest BCUT2D eigenvalue weighted by atomic mass is 9.92. The van der Waals surface area contributed by atoms with E-state index >= 15 is 0 Å². The minimum absolute atomic E-state index is 0.133. The smallest absolute Gasteiger partial charge is 0.164 e. The molecule has 0 fully saturated rings. The first-order valence-corrected chi connectivity index (χ1v) is 8.97. The highest BCUT2D eigenvalue weighted by molar-refractivity contribution is 6.31. The number of anilines is 1. The van der Waals surface area contributed by atoms with E-state index in [9.17, 15) is 0 Å². The molecule has 1 atom stereocenters. The molecular weight excluding hydrogens is 350 g/mol. The molecule has 3 rings (SSSR count). The van der Waals surface area contributed by atoms with Crippen LogP contribution >= 0.6 is 11.6 Å². The van der Waals surface area contributed by atoms with Gasteiger partial charge in [-0.05, 0) is 38.3 Å². The van der Waals surface area contributed by atoms with E-state index in [0.717, 1.165) is 38.5 Å². The zero-order valence-electron chi connectivity index (χ0n) is 16.0. The Labute approximate surface area is 158 Å². The average Bonchev–Trinajstić information content (AvgIpc) is 2.93. The summed E-state index contributed by atoms with van der Waals surface area (Å²) >= 11 is 6.54. The third kappa shape index (κ3) is 2.78. The van der Waals surface area contributed by atoms with Gasteiger partial charge in [-0.1, -0.05) is 25.4 Å². The first kappa shape index (κ1) is 18.5. The second-order valence-corrected chi connectivity index (χ2v) is 7.24. The molecule has 0 saturated carbocycles. The molecule has 1 aromatic carbocycles. The van der Waals surface area contributed by atoms with E-state index in [-0.39, 0.29) is 12.0 Å². The van der Waals surface area contributed by atoms with Gasteiger partial charge in [-0.3, -0.25) is 0 Å². The first-order chi connectivity index (χ1) is 12.3. The van der Waals surface area contributed by atoms with Gasteiger partial charge in [0.25, 0.3) is 0 Å². The van der Waals surface area contributed by atoms with Crippen molar-refractivity contribution in [3.63, 3.8) is 0 Å². The monoisotopic (exact) mass is 373 g/mol. The third-order valence-electron chi connectivity index (χ3n) is 4.84. The van der Waals surface area contributed by atoms with Crippen molar-refractivity contribution in [1.82, 2.24) is 19.7 Å². The Morgan fingerprint density at radius 2 is 1.88 bits per heavy atom. The molecule has 138 valence electrons. The minimum atomic E-state index is -0.133. The van der Waals surface area contributed by atoms with Crippen molar-refractivity contribution in [1.29, 1.82) is 0 Å². The van der Waals surface area contributed by atoms with E-state index in [0.29, 0.717) is 11.5 Å². The van der Waals surface area contributed by atoms with E-state index in [4.69, 9.17) is 22.1 Å². The van der Waals surface area contributed by atoms with Gasteiger partial charge in [0.2, 0.25) is 0 Å². The SMILES string of the molecule is COc1c(C(C)n2nc(C)c3c(N)ncnc32)cc(Cl)c(C)c1C(C)C. The Kier molecular flexibility index (Phi) is 4.80. The molecule has 0 aliphatic heterocycles. The van der Waals surface area contributed by atoms with Crippen LogP contribution in [-0.2, 0) is 0 Å². The van der Waals surface area contributed by atoms with Crippen LogP contribution in [-0.4, -0.2) is 26.9 Å². The highest BCUT2D eigenvalue weighted by atomic mass is 35.5. The van der Waals surface area contributed by atoms with Gasteiger partial charge in [0.15, 0.2) is 5.65 Å². The van der Waals surface area contributed by atoms with Gasteiger partial charge in [-0.15, -0.1) is 0 Å². The molecule has 2 aromatic heterocycles. The predicted molar refractivity (Wildman–Crippen MR) is 105 cm³/mol. The zero-order chi connectivity index (χ0) is 19.2. The molecule has 26 heavy (non-hydrogen) atoms. The normalized spacial score (nSPS) is 12.8. The van der Waals surface area contributed by atoms with Gasteiger partial charge in [0.1, 0.15) is 17.9 Å². The van der Waals surface area contributed by atoms with Crippen LogP contribution in [0.1, 0.15) is 55.1 Å². The molecule has 2 N–H and O–H groups in total. The number of aromatic nitrogens is 4. The summed E-state index contributed by atoms with van der Waals surface area (Å²) in [5.74, 6) is 1.56. The second kappa shape index (κ2) is 6.76. The van der Waals surface area contributed by atoms with E-state index in [1.54, 1.807) is 7.11 Å². The van der Waals surface area contributed by atoms with Crippen LogP contribution in [0.4, 0.5) is 5.82 Å². The summed E-state index contributed by atoms with van der Waals surface area (Å²) in [5.41, 5.74) is 10.6. The van der Waals surface area contributed by atoms with Crippen molar-refractivity contribution < 1.29 is 4.74 Å². The number of hydrogen-bond donors (Lipinski definition) is 1. The number of benzene rings is 1. The maximum atomic E-state index is 6.54. The van der Waals surface area contributed by atoms with Crippen molar-refractivity contribution >= 4 is 28.5 Å². The number of methoxy groups -OCH3 is 1.